The van der Waals surface area contributed by atoms with Crippen molar-refractivity contribution in [2.24, 2.45) is 0 Å². The van der Waals surface area contributed by atoms with Crippen LogP contribution in [0.25, 0.3) is 0 Å². The van der Waals surface area contributed by atoms with Crippen LogP contribution in [0.15, 0.2) is 0 Å². The van der Waals surface area contributed by atoms with Gasteiger partial charge in [0.1, 0.15) is 0 Å². The monoisotopic (exact) mass is 306 g/mol. The molecular weight excluding hydrogens is 292 g/mol. The molecule has 0 heterocycles. The molecule has 0 fully saturated rings. The average molecular weight is 306 g/mol. The van der Waals surface area contributed by atoms with Gasteiger partial charge in [-0.1, -0.05) is 0 Å². The topological polar surface area (TPSA) is 109 Å². The van der Waals surface area contributed by atoms with Crippen molar-refractivity contribution in [3.05, 3.63) is 33.3 Å². The second kappa shape index (κ2) is 88.3. The van der Waals surface area contributed by atoms with Gasteiger partial charge in [-0.15, -0.1) is 0 Å². The van der Waals surface area contributed by atoms with Gasteiger partial charge < -0.3 is 0 Å². The van der Waals surface area contributed by atoms with E-state index < -0.39 is 0 Å². The summed E-state index contributed by atoms with van der Waals surface area (Å²) in [5.41, 5.74) is 0. The molecule has 0 radical (unpaired) electrons. The second-order valence-electron chi connectivity index (χ2n) is 2.05. The van der Waals surface area contributed by atoms with Crippen molar-refractivity contribution in [3.8, 4) is 0 Å². The summed E-state index contributed by atoms with van der Waals surface area (Å²) in [4.78, 5) is 0. The predicted molar refractivity (Wildman–Crippen MR) is 55.8 cm³/mol. The van der Waals surface area contributed by atoms with E-state index in [1.807, 2.05) is 6.92 Å². The van der Waals surface area contributed by atoms with Crippen molar-refractivity contribution in [3.63, 3.8) is 0 Å². The van der Waals surface area contributed by atoms with Gasteiger partial charge in [0.15, 0.2) is 0 Å². The summed E-state index contributed by atoms with van der Waals surface area (Å²) in [5.74, 6) is 0. The van der Waals surface area contributed by atoms with Crippen molar-refractivity contribution in [1.29, 1.82) is 0 Å². The third-order valence-corrected chi connectivity index (χ3v) is 1.24. The first kappa shape index (κ1) is 36.1. The number of rotatable bonds is 5. The van der Waals surface area contributed by atoms with E-state index in [9.17, 15) is 0 Å². The summed E-state index contributed by atoms with van der Waals surface area (Å²) in [6.45, 7) is 27.5. The van der Waals surface area contributed by atoms with Crippen molar-refractivity contribution in [2.45, 2.75) is 33.1 Å². The Morgan fingerprint density at radius 2 is 1.16 bits per heavy atom. The summed E-state index contributed by atoms with van der Waals surface area (Å²) in [6, 6.07) is 0. The Kier molecular flexibility index (Phi) is 168. The van der Waals surface area contributed by atoms with Crippen LogP contribution in [0, 0.1) is 33.3 Å². The van der Waals surface area contributed by atoms with Crippen LogP contribution in [0.5, 0.6) is 0 Å². The summed E-state index contributed by atoms with van der Waals surface area (Å²) >= 11 is 2.81. The molecule has 6 nitrogen and oxygen atoms in total. The molecule has 0 aromatic rings. The van der Waals surface area contributed by atoms with Crippen LogP contribution < -0.4 is 0 Å². The van der Waals surface area contributed by atoms with E-state index in [0.29, 0.717) is 0 Å². The van der Waals surface area contributed by atoms with Crippen molar-refractivity contribution >= 4 is 4.57 Å². The molecule has 19 heavy (non-hydrogen) atoms. The van der Waals surface area contributed by atoms with Gasteiger partial charge in [0.05, 0.1) is 0 Å². The normalized spacial score (nSPS) is 5.05. The van der Waals surface area contributed by atoms with E-state index in [4.69, 9.17) is 28.0 Å². The van der Waals surface area contributed by atoms with E-state index in [0.717, 1.165) is 11.2 Å². The molecule has 0 bridgehead atoms. The number of ether oxygens (including phenoxy) is 1. The van der Waals surface area contributed by atoms with Crippen LogP contribution in [0.1, 0.15) is 33.1 Å². The predicted octanol–water partition coefficient (Wildman–Crippen LogP) is 1.70. The molecule has 0 aromatic carbocycles. The zero-order chi connectivity index (χ0) is 17.1. The standard InChI is InChI=1S/C7H14O.5CO.Cr/c1-3-5-6-7-8-4-2;5*1-2;/h3,5-7H2,1-2H3;;;;;;. The van der Waals surface area contributed by atoms with Crippen molar-refractivity contribution in [1.82, 2.24) is 0 Å². The molecule has 0 atom stereocenters. The number of hydrogen-bond donors (Lipinski definition) is 0. The zero-order valence-electron chi connectivity index (χ0n) is 10.7. The van der Waals surface area contributed by atoms with Crippen LogP contribution in [0.2, 0.25) is 0 Å². The van der Waals surface area contributed by atoms with E-state index >= 15 is 0 Å². The molecule has 0 aliphatic carbocycles. The second-order valence-corrected chi connectivity index (χ2v) is 2.94. The van der Waals surface area contributed by atoms with Crippen LogP contribution in [0.4, 0.5) is 0 Å². The molecule has 0 amide bonds. The first-order valence-corrected chi connectivity index (χ1v) is 5.06. The van der Waals surface area contributed by atoms with Gasteiger partial charge in [-0.2, -0.15) is 0 Å². The minimum absolute atomic E-state index is 0.868. The number of unbranched alkanes of at least 4 members (excludes halogenated alkanes) is 2. The van der Waals surface area contributed by atoms with Gasteiger partial charge >= 0.3 is 121 Å². The average Bonchev–Trinajstić information content (AvgIpc) is 2.53. The molecule has 0 saturated heterocycles. The van der Waals surface area contributed by atoms with Crippen LogP contribution in [0.3, 0.4) is 0 Å². The summed E-state index contributed by atoms with van der Waals surface area (Å²) < 4.78 is 43.7. The Morgan fingerprint density at radius 1 is 0.842 bits per heavy atom. The van der Waals surface area contributed by atoms with Gasteiger partial charge in [-0.25, -0.2) is 0 Å². The van der Waals surface area contributed by atoms with Gasteiger partial charge in [0.25, 0.3) is 0 Å². The Hall–Kier alpha value is -0.938. The first-order chi connectivity index (χ1) is 9.27. The van der Waals surface area contributed by atoms with E-state index in [-0.39, 0.29) is 0 Å². The fourth-order valence-electron chi connectivity index (χ4n) is 0.568. The Balaban J connectivity index is -0.0000000356. The molecule has 104 valence electrons. The van der Waals surface area contributed by atoms with E-state index in [2.05, 4.69) is 56.0 Å². The SMILES string of the molecule is CCCCCO[C](C)=[Cr].[C-]#[O+].[C-]#[O+].[C-]#[O+].[C-]#[O+].[C-]#[O+]. The van der Waals surface area contributed by atoms with Crippen molar-refractivity contribution < 1.29 is 43.8 Å². The van der Waals surface area contributed by atoms with E-state index in [1.54, 1.807) is 0 Å². The van der Waals surface area contributed by atoms with E-state index in [1.165, 1.54) is 19.3 Å². The Labute approximate surface area is 122 Å². The molecule has 0 aromatic heterocycles. The van der Waals surface area contributed by atoms with Crippen LogP contribution >= 0.6 is 0 Å². The fraction of sp³-hybridized carbons (Fsp3) is 0.500. The molecule has 0 N–H and O–H groups in total. The zero-order valence-corrected chi connectivity index (χ0v) is 12.0. The molecule has 0 spiro atoms. The van der Waals surface area contributed by atoms with Crippen LogP contribution in [-0.4, -0.2) is 11.2 Å². The van der Waals surface area contributed by atoms with Crippen molar-refractivity contribution in [2.75, 3.05) is 6.61 Å². The Bertz CT molecular complexity index is 204. The third-order valence-electron chi connectivity index (χ3n) is 1.05. The minimum atomic E-state index is 0.868. The third kappa shape index (κ3) is 151. The maximum atomic E-state index is 7.50. The molecule has 0 saturated carbocycles. The molecule has 0 aliphatic rings. The van der Waals surface area contributed by atoms with Gasteiger partial charge in [-0.3, -0.25) is 0 Å². The fourth-order valence-corrected chi connectivity index (χ4v) is 0.698. The quantitative estimate of drug-likeness (QED) is 0.430. The summed E-state index contributed by atoms with van der Waals surface area (Å²) in [7, 11) is 0. The van der Waals surface area contributed by atoms with Gasteiger partial charge in [-0.05, 0) is 0 Å². The number of hydrogen-bond acceptors (Lipinski definition) is 1. The summed E-state index contributed by atoms with van der Waals surface area (Å²) in [6.07, 6.45) is 3.71. The molecule has 0 aliphatic heterocycles. The maximum absolute atomic E-state index is 7.50. The molecule has 0 unspecified atom stereocenters. The Morgan fingerprint density at radius 3 is 1.37 bits per heavy atom. The molecule has 7 heteroatoms. The molecule has 0 rings (SSSR count). The summed E-state index contributed by atoms with van der Waals surface area (Å²) in [5, 5.41) is 0. The first-order valence-electron chi connectivity index (χ1n) is 4.42. The van der Waals surface area contributed by atoms with Crippen LogP contribution in [-0.2, 0) is 43.8 Å². The molecular formula is C12H14CrO6. The van der Waals surface area contributed by atoms with Gasteiger partial charge in [0.2, 0.25) is 0 Å². The van der Waals surface area contributed by atoms with Gasteiger partial charge in [0, 0.05) is 0 Å².